The molecule has 0 radical (unpaired) electrons. The summed E-state index contributed by atoms with van der Waals surface area (Å²) < 4.78 is 1.59. The molecular weight excluding hydrogens is 313 g/mol. The first-order chi connectivity index (χ1) is 9.79. The molecule has 0 aliphatic rings. The molecule has 5 nitrogen and oxygen atoms in total. The van der Waals surface area contributed by atoms with Gasteiger partial charge in [0.25, 0.3) is 5.91 Å². The normalized spacial score (nSPS) is 13.8. The molecule has 1 amide bonds. The molecule has 1 unspecified atom stereocenters. The third-order valence-corrected chi connectivity index (χ3v) is 3.84. The lowest BCUT2D eigenvalue weighted by Gasteiger charge is -2.22. The van der Waals surface area contributed by atoms with Crippen molar-refractivity contribution < 1.29 is 9.90 Å². The Kier molecular flexibility index (Phi) is 4.56. The number of nitrogens with one attached hydrogen (secondary N) is 1. The number of halogens is 2. The van der Waals surface area contributed by atoms with Crippen molar-refractivity contribution in [2.24, 2.45) is 7.05 Å². The first-order valence-electron chi connectivity index (χ1n) is 6.24. The molecule has 112 valence electrons. The first-order valence-corrected chi connectivity index (χ1v) is 7.00. The summed E-state index contributed by atoms with van der Waals surface area (Å²) in [5.41, 5.74) is -0.203. The number of hydrogen-bond donors (Lipinski definition) is 2. The van der Waals surface area contributed by atoms with Gasteiger partial charge in [-0.3, -0.25) is 9.48 Å². The van der Waals surface area contributed by atoms with Gasteiger partial charge in [-0.25, -0.2) is 0 Å². The van der Waals surface area contributed by atoms with Crippen molar-refractivity contribution in [1.82, 2.24) is 15.1 Å². The number of aryl methyl sites for hydroxylation is 1. The first kappa shape index (κ1) is 15.8. The summed E-state index contributed by atoms with van der Waals surface area (Å²) in [6.07, 6.45) is 3.26. The predicted octanol–water partition coefficient (Wildman–Crippen LogP) is 2.36. The van der Waals surface area contributed by atoms with Crippen LogP contribution in [-0.4, -0.2) is 27.3 Å². The number of rotatable bonds is 4. The smallest absolute Gasteiger partial charge is 0.251 e. The Bertz CT molecular complexity index is 668. The van der Waals surface area contributed by atoms with Crippen molar-refractivity contribution in [3.8, 4) is 0 Å². The zero-order valence-corrected chi connectivity index (χ0v) is 13.1. The fourth-order valence-electron chi connectivity index (χ4n) is 1.79. The summed E-state index contributed by atoms with van der Waals surface area (Å²) >= 11 is 11.7. The van der Waals surface area contributed by atoms with Crippen molar-refractivity contribution in [1.29, 1.82) is 0 Å². The highest BCUT2D eigenvalue weighted by atomic mass is 35.5. The molecule has 1 aromatic carbocycles. The number of benzene rings is 1. The van der Waals surface area contributed by atoms with Crippen LogP contribution in [0.4, 0.5) is 0 Å². The predicted molar refractivity (Wildman–Crippen MR) is 81.6 cm³/mol. The van der Waals surface area contributed by atoms with Crippen LogP contribution in [0, 0.1) is 0 Å². The number of carbonyl (C=O) groups excluding carboxylic acids is 1. The van der Waals surface area contributed by atoms with Gasteiger partial charge in [0.15, 0.2) is 0 Å². The van der Waals surface area contributed by atoms with E-state index in [1.165, 1.54) is 6.07 Å². The van der Waals surface area contributed by atoms with Crippen molar-refractivity contribution in [3.05, 3.63) is 51.8 Å². The summed E-state index contributed by atoms with van der Waals surface area (Å²) in [7, 11) is 1.76. The molecule has 0 aliphatic heterocycles. The van der Waals surface area contributed by atoms with Crippen molar-refractivity contribution in [3.63, 3.8) is 0 Å². The number of amides is 1. The Morgan fingerprint density at radius 2 is 2.14 bits per heavy atom. The van der Waals surface area contributed by atoms with E-state index in [0.717, 1.165) is 0 Å². The van der Waals surface area contributed by atoms with Gasteiger partial charge >= 0.3 is 0 Å². The van der Waals surface area contributed by atoms with Crippen LogP contribution in [0.25, 0.3) is 0 Å². The molecule has 1 heterocycles. The Labute approximate surface area is 132 Å². The topological polar surface area (TPSA) is 67.2 Å². The monoisotopic (exact) mass is 327 g/mol. The fourth-order valence-corrected chi connectivity index (χ4v) is 2.09. The third-order valence-electron chi connectivity index (χ3n) is 3.10. The van der Waals surface area contributed by atoms with Gasteiger partial charge in [0.1, 0.15) is 5.60 Å². The minimum atomic E-state index is -1.21. The standard InChI is InChI=1S/C14H15Cl2N3O2/c1-14(21,10-6-18-19(2)7-10)8-17-13(20)9-3-4-11(15)12(16)5-9/h3-7,21H,8H2,1-2H3,(H,17,20). The van der Waals surface area contributed by atoms with Crippen LogP contribution < -0.4 is 5.32 Å². The van der Waals surface area contributed by atoms with Crippen molar-refractivity contribution in [2.45, 2.75) is 12.5 Å². The number of hydrogen-bond acceptors (Lipinski definition) is 3. The van der Waals surface area contributed by atoms with E-state index in [9.17, 15) is 9.90 Å². The average molecular weight is 328 g/mol. The lowest BCUT2D eigenvalue weighted by molar-refractivity contribution is 0.0526. The molecule has 2 N–H and O–H groups in total. The number of carbonyl (C=O) groups is 1. The molecular formula is C14H15Cl2N3O2. The highest BCUT2D eigenvalue weighted by Gasteiger charge is 2.25. The molecule has 21 heavy (non-hydrogen) atoms. The Morgan fingerprint density at radius 1 is 1.43 bits per heavy atom. The van der Waals surface area contributed by atoms with E-state index in [1.807, 2.05) is 0 Å². The van der Waals surface area contributed by atoms with Gasteiger partial charge in [-0.15, -0.1) is 0 Å². The fraction of sp³-hybridized carbons (Fsp3) is 0.286. The molecule has 2 rings (SSSR count). The van der Waals surface area contributed by atoms with E-state index in [2.05, 4.69) is 10.4 Å². The van der Waals surface area contributed by atoms with Crippen molar-refractivity contribution >= 4 is 29.1 Å². The lowest BCUT2D eigenvalue weighted by Crippen LogP contribution is -2.38. The van der Waals surface area contributed by atoms with E-state index >= 15 is 0 Å². The number of aromatic nitrogens is 2. The zero-order valence-electron chi connectivity index (χ0n) is 11.6. The van der Waals surface area contributed by atoms with Gasteiger partial charge in [-0.05, 0) is 25.1 Å². The Hall–Kier alpha value is -1.56. The summed E-state index contributed by atoms with van der Waals surface area (Å²) in [6.45, 7) is 1.66. The summed E-state index contributed by atoms with van der Waals surface area (Å²) in [6, 6.07) is 4.61. The van der Waals surface area contributed by atoms with Gasteiger partial charge in [0, 0.05) is 24.4 Å². The molecule has 0 spiro atoms. The number of nitrogens with zero attached hydrogens (tertiary/aromatic N) is 2. The largest absolute Gasteiger partial charge is 0.383 e. The Morgan fingerprint density at radius 3 is 2.71 bits per heavy atom. The van der Waals surface area contributed by atoms with Gasteiger partial charge in [-0.2, -0.15) is 5.10 Å². The third kappa shape index (κ3) is 3.75. The second-order valence-corrected chi connectivity index (χ2v) is 5.80. The van der Waals surface area contributed by atoms with E-state index < -0.39 is 5.60 Å². The maximum absolute atomic E-state index is 12.0. The van der Waals surface area contributed by atoms with Crippen LogP contribution >= 0.6 is 23.2 Å². The molecule has 0 aliphatic carbocycles. The van der Waals surface area contributed by atoms with Crippen LogP contribution in [0.2, 0.25) is 10.0 Å². The molecule has 1 aromatic heterocycles. The van der Waals surface area contributed by atoms with Crippen molar-refractivity contribution in [2.75, 3.05) is 6.54 Å². The maximum atomic E-state index is 12.0. The summed E-state index contributed by atoms with van der Waals surface area (Å²) in [5, 5.41) is 17.7. The van der Waals surface area contributed by atoms with Gasteiger partial charge in [0.05, 0.1) is 22.8 Å². The average Bonchev–Trinajstić information content (AvgIpc) is 2.87. The molecule has 2 aromatic rings. The molecule has 7 heteroatoms. The molecule has 1 atom stereocenters. The highest BCUT2D eigenvalue weighted by Crippen LogP contribution is 2.23. The van der Waals surface area contributed by atoms with E-state index in [4.69, 9.17) is 23.2 Å². The quantitative estimate of drug-likeness (QED) is 0.905. The van der Waals surface area contributed by atoms with Crippen LogP contribution in [0.3, 0.4) is 0 Å². The molecule has 0 saturated heterocycles. The number of aliphatic hydroxyl groups is 1. The lowest BCUT2D eigenvalue weighted by atomic mass is 9.99. The van der Waals surface area contributed by atoms with Gasteiger partial charge in [-0.1, -0.05) is 23.2 Å². The Balaban J connectivity index is 2.04. The molecule has 0 fully saturated rings. The van der Waals surface area contributed by atoms with Crippen LogP contribution in [0.5, 0.6) is 0 Å². The minimum Gasteiger partial charge on any atom is -0.383 e. The molecule has 0 saturated carbocycles. The van der Waals surface area contributed by atoms with E-state index in [1.54, 1.807) is 43.2 Å². The summed E-state index contributed by atoms with van der Waals surface area (Å²) in [4.78, 5) is 12.0. The second kappa shape index (κ2) is 6.05. The van der Waals surface area contributed by atoms with E-state index in [0.29, 0.717) is 21.2 Å². The van der Waals surface area contributed by atoms with Gasteiger partial charge in [0.2, 0.25) is 0 Å². The highest BCUT2D eigenvalue weighted by molar-refractivity contribution is 6.42. The van der Waals surface area contributed by atoms with Crippen LogP contribution in [0.1, 0.15) is 22.8 Å². The molecule has 0 bridgehead atoms. The van der Waals surface area contributed by atoms with Crippen LogP contribution in [0.15, 0.2) is 30.6 Å². The van der Waals surface area contributed by atoms with Gasteiger partial charge < -0.3 is 10.4 Å². The SMILES string of the molecule is Cn1cc(C(C)(O)CNC(=O)c2ccc(Cl)c(Cl)c2)cn1. The zero-order chi connectivity index (χ0) is 15.6. The maximum Gasteiger partial charge on any atom is 0.251 e. The minimum absolute atomic E-state index is 0.0533. The van der Waals surface area contributed by atoms with Crippen LogP contribution in [-0.2, 0) is 12.6 Å². The van der Waals surface area contributed by atoms with E-state index in [-0.39, 0.29) is 12.5 Å². The summed E-state index contributed by atoms with van der Waals surface area (Å²) in [5.74, 6) is -0.335. The second-order valence-electron chi connectivity index (χ2n) is 4.99.